The molecule has 1 atom stereocenters. The molecule has 26 heavy (non-hydrogen) atoms. The molecule has 4 aliphatic heterocycles. The van der Waals surface area contributed by atoms with Gasteiger partial charge in [0.15, 0.2) is 5.41 Å². The summed E-state index contributed by atoms with van der Waals surface area (Å²) in [5.74, 6) is 0.551. The van der Waals surface area contributed by atoms with Gasteiger partial charge in [-0.1, -0.05) is 42.5 Å². The van der Waals surface area contributed by atoms with Crippen molar-refractivity contribution in [1.29, 1.82) is 0 Å². The van der Waals surface area contributed by atoms with E-state index < -0.39 is 0 Å². The summed E-state index contributed by atoms with van der Waals surface area (Å²) in [6.07, 6.45) is 10.1. The molecule has 0 amide bonds. The molecule has 6 rings (SSSR count). The second-order valence-electron chi connectivity index (χ2n) is 8.71. The van der Waals surface area contributed by atoms with E-state index in [2.05, 4.69) is 53.8 Å². The van der Waals surface area contributed by atoms with E-state index >= 15 is 0 Å². The molecule has 4 fully saturated rings. The van der Waals surface area contributed by atoms with Crippen molar-refractivity contribution >= 4 is 11.9 Å². The van der Waals surface area contributed by atoms with Crippen molar-refractivity contribution in [2.45, 2.75) is 19.3 Å². The van der Waals surface area contributed by atoms with E-state index in [9.17, 15) is 0 Å². The van der Waals surface area contributed by atoms with E-state index in [0.717, 1.165) is 6.42 Å². The molecule has 1 aliphatic carbocycles. The zero-order chi connectivity index (χ0) is 17.4. The fraction of sp³-hybridized carbons (Fsp3) is 0.524. The summed E-state index contributed by atoms with van der Waals surface area (Å²) < 4.78 is 0. The second kappa shape index (κ2) is 6.72. The molecule has 4 saturated heterocycles. The summed E-state index contributed by atoms with van der Waals surface area (Å²) in [7, 11) is 0. The Kier molecular flexibility index (Phi) is 4.23. The average Bonchev–Trinajstić information content (AvgIpc) is 2.65. The molecule has 1 aromatic rings. The smallest absolute Gasteiger partial charge is 0.213 e. The van der Waals surface area contributed by atoms with Gasteiger partial charge in [-0.15, -0.1) is 0 Å². The number of nitrogens with one attached hydrogen (secondary N) is 3. The van der Waals surface area contributed by atoms with Crippen LogP contribution in [-0.4, -0.2) is 51.6 Å². The number of quaternary nitrogens is 3. The van der Waals surface area contributed by atoms with Crippen molar-refractivity contribution in [2.24, 2.45) is 21.5 Å². The van der Waals surface area contributed by atoms with Crippen LogP contribution in [0, 0.1) is 11.3 Å². The van der Waals surface area contributed by atoms with Gasteiger partial charge in [-0.05, 0) is 30.7 Å². The number of allylic oxidation sites excluding steroid dienone is 2. The minimum Gasteiger partial charge on any atom is -0.241 e. The molecule has 1 aromatic carbocycles. The van der Waals surface area contributed by atoms with Crippen LogP contribution in [0.3, 0.4) is 0 Å². The third-order valence-electron chi connectivity index (χ3n) is 6.56. The SMILES string of the molecule is C1=CC[C@@H](/C=N\N=C(/c2ccccc2)C23C[NH+]4C[NH+](C[NH+](C4)C2)C3)CC1. The summed E-state index contributed by atoms with van der Waals surface area (Å²) in [6.45, 7) is 7.50. The molecule has 0 radical (unpaired) electrons. The normalized spacial score (nSPS) is 39.0. The first kappa shape index (κ1) is 16.4. The Morgan fingerprint density at radius 1 is 0.962 bits per heavy atom. The molecule has 4 bridgehead atoms. The van der Waals surface area contributed by atoms with Crippen molar-refractivity contribution in [3.63, 3.8) is 0 Å². The number of hydrogen-bond donors (Lipinski definition) is 3. The lowest BCUT2D eigenvalue weighted by Gasteiger charge is -2.52. The van der Waals surface area contributed by atoms with E-state index in [1.54, 1.807) is 14.7 Å². The lowest BCUT2D eigenvalue weighted by molar-refractivity contribution is -1.30. The van der Waals surface area contributed by atoms with Gasteiger partial charge in [0.25, 0.3) is 0 Å². The van der Waals surface area contributed by atoms with Crippen LogP contribution in [-0.2, 0) is 0 Å². The monoisotopic (exact) mass is 352 g/mol. The van der Waals surface area contributed by atoms with E-state index in [0.29, 0.717) is 5.92 Å². The van der Waals surface area contributed by atoms with E-state index in [1.165, 1.54) is 63.8 Å². The van der Waals surface area contributed by atoms with E-state index in [1.807, 2.05) is 0 Å². The van der Waals surface area contributed by atoms with Gasteiger partial charge in [-0.3, -0.25) is 0 Å². The van der Waals surface area contributed by atoms with E-state index in [4.69, 9.17) is 5.10 Å². The summed E-state index contributed by atoms with van der Waals surface area (Å²) in [4.78, 5) is 5.22. The zero-order valence-electron chi connectivity index (χ0n) is 15.5. The highest BCUT2D eigenvalue weighted by Gasteiger charge is 2.60. The molecule has 3 N–H and O–H groups in total. The average molecular weight is 353 g/mol. The third-order valence-corrected chi connectivity index (χ3v) is 6.56. The number of hydrogen-bond acceptors (Lipinski definition) is 2. The van der Waals surface area contributed by atoms with Gasteiger partial charge in [0.2, 0.25) is 20.0 Å². The Labute approximate surface area is 155 Å². The standard InChI is InChI=1S/C21H27N5/c1-3-7-18(8-4-1)11-22-23-20(19-9-5-2-6-10-19)21-12-24-15-25(13-21)17-26(14-21)16-24/h1-3,5-6,9-11,18H,4,7-8,12-17H2/p+3/b22-11-,23-20+/t18-/m1/s1. The Balaban J connectivity index is 1.47. The topological polar surface area (TPSA) is 38.0 Å². The van der Waals surface area contributed by atoms with Gasteiger partial charge in [0.05, 0.1) is 5.71 Å². The quantitative estimate of drug-likeness (QED) is 0.331. The summed E-state index contributed by atoms with van der Waals surface area (Å²) in [5.41, 5.74) is 2.67. The molecular weight excluding hydrogens is 322 g/mol. The van der Waals surface area contributed by atoms with Crippen LogP contribution < -0.4 is 14.7 Å². The van der Waals surface area contributed by atoms with Crippen LogP contribution in [0.5, 0.6) is 0 Å². The predicted octanol–water partition coefficient (Wildman–Crippen LogP) is -1.63. The summed E-state index contributed by atoms with van der Waals surface area (Å²) >= 11 is 0. The van der Waals surface area contributed by atoms with Crippen molar-refractivity contribution in [3.05, 3.63) is 48.0 Å². The fourth-order valence-corrected chi connectivity index (χ4v) is 5.70. The maximum atomic E-state index is 4.90. The first-order valence-corrected chi connectivity index (χ1v) is 10.1. The lowest BCUT2D eigenvalue weighted by atomic mass is 9.74. The minimum atomic E-state index is 0.180. The molecule has 5 heteroatoms. The van der Waals surface area contributed by atoms with Gasteiger partial charge in [-0.2, -0.15) is 10.2 Å². The Bertz CT molecular complexity index is 701. The van der Waals surface area contributed by atoms with Gasteiger partial charge in [0, 0.05) is 6.21 Å². The van der Waals surface area contributed by atoms with Crippen LogP contribution in [0.25, 0.3) is 0 Å². The number of benzene rings is 1. The largest absolute Gasteiger partial charge is 0.241 e. The van der Waals surface area contributed by atoms with Crippen LogP contribution >= 0.6 is 0 Å². The highest BCUT2D eigenvalue weighted by molar-refractivity contribution is 6.05. The van der Waals surface area contributed by atoms with Crippen molar-refractivity contribution < 1.29 is 14.7 Å². The molecule has 0 spiro atoms. The van der Waals surface area contributed by atoms with Crippen molar-refractivity contribution in [2.75, 3.05) is 39.6 Å². The minimum absolute atomic E-state index is 0.180. The maximum Gasteiger partial charge on any atom is 0.213 e. The first-order valence-electron chi connectivity index (χ1n) is 10.1. The van der Waals surface area contributed by atoms with Crippen molar-refractivity contribution in [1.82, 2.24) is 0 Å². The van der Waals surface area contributed by atoms with Gasteiger partial charge < -0.3 is 0 Å². The Morgan fingerprint density at radius 3 is 2.27 bits per heavy atom. The fourth-order valence-electron chi connectivity index (χ4n) is 5.70. The van der Waals surface area contributed by atoms with Gasteiger partial charge in [0.1, 0.15) is 19.6 Å². The lowest BCUT2D eigenvalue weighted by Crippen LogP contribution is -3.56. The molecule has 0 aromatic heterocycles. The molecule has 4 heterocycles. The van der Waals surface area contributed by atoms with Crippen LogP contribution in [0.4, 0.5) is 0 Å². The van der Waals surface area contributed by atoms with Crippen LogP contribution in [0.15, 0.2) is 52.7 Å². The molecule has 0 saturated carbocycles. The predicted molar refractivity (Wildman–Crippen MR) is 102 cm³/mol. The second-order valence-corrected chi connectivity index (χ2v) is 8.71. The molecule has 0 unspecified atom stereocenters. The number of nitrogens with zero attached hydrogens (tertiary/aromatic N) is 2. The molecule has 5 nitrogen and oxygen atoms in total. The van der Waals surface area contributed by atoms with Gasteiger partial charge in [-0.25, -0.2) is 14.7 Å². The Hall–Kier alpha value is -1.82. The first-order chi connectivity index (χ1) is 12.8. The molecule has 5 aliphatic rings. The highest BCUT2D eigenvalue weighted by Crippen LogP contribution is 2.24. The van der Waals surface area contributed by atoms with Gasteiger partial charge >= 0.3 is 0 Å². The zero-order valence-corrected chi connectivity index (χ0v) is 15.5. The summed E-state index contributed by atoms with van der Waals surface area (Å²) in [6, 6.07) is 10.8. The maximum absolute atomic E-state index is 4.90. The van der Waals surface area contributed by atoms with Crippen LogP contribution in [0.2, 0.25) is 0 Å². The van der Waals surface area contributed by atoms with Crippen LogP contribution in [0.1, 0.15) is 24.8 Å². The third kappa shape index (κ3) is 3.04. The Morgan fingerprint density at radius 2 is 1.65 bits per heavy atom. The summed E-state index contributed by atoms with van der Waals surface area (Å²) in [5, 5.41) is 9.53. The van der Waals surface area contributed by atoms with Crippen molar-refractivity contribution in [3.8, 4) is 0 Å². The number of rotatable bonds is 4. The molecular formula is C21H30N5+3. The molecule has 136 valence electrons. The van der Waals surface area contributed by atoms with E-state index in [-0.39, 0.29) is 5.41 Å². The highest BCUT2D eigenvalue weighted by atomic mass is 15.5.